The van der Waals surface area contributed by atoms with Crippen LogP contribution in [-0.4, -0.2) is 63.1 Å². The Hall–Kier alpha value is -3.84. The molecular formula is C22H21FN6O3. The van der Waals surface area contributed by atoms with Crippen LogP contribution in [0.25, 0.3) is 10.9 Å². The van der Waals surface area contributed by atoms with Gasteiger partial charge < -0.3 is 19.9 Å². The van der Waals surface area contributed by atoms with Gasteiger partial charge in [0.05, 0.1) is 23.7 Å². The molecule has 0 saturated carbocycles. The summed E-state index contributed by atoms with van der Waals surface area (Å²) in [6, 6.07) is 9.27. The van der Waals surface area contributed by atoms with Crippen molar-refractivity contribution in [2.24, 2.45) is 0 Å². The van der Waals surface area contributed by atoms with E-state index in [1.165, 1.54) is 18.3 Å². The number of benzene rings is 1. The van der Waals surface area contributed by atoms with Gasteiger partial charge in [-0.05, 0) is 24.3 Å². The van der Waals surface area contributed by atoms with Gasteiger partial charge in [0.2, 0.25) is 5.91 Å². The molecule has 3 aromatic rings. The second-order valence-electron chi connectivity index (χ2n) is 7.53. The number of rotatable bonds is 5. The molecule has 1 aliphatic rings. The van der Waals surface area contributed by atoms with E-state index in [9.17, 15) is 19.1 Å². The van der Waals surface area contributed by atoms with E-state index < -0.39 is 17.4 Å². The van der Waals surface area contributed by atoms with Crippen molar-refractivity contribution in [2.45, 2.75) is 18.9 Å². The lowest BCUT2D eigenvalue weighted by molar-refractivity contribution is -0.134. The lowest BCUT2D eigenvalue weighted by Crippen LogP contribution is -2.57. The molecule has 0 aliphatic carbocycles. The first-order valence-electron chi connectivity index (χ1n) is 10.2. The molecule has 2 N–H and O–H groups in total. The number of hydrogen-bond acceptors (Lipinski definition) is 7. The number of piperazine rings is 1. The fourth-order valence-corrected chi connectivity index (χ4v) is 3.87. The number of aromatic amines is 1. The molecule has 32 heavy (non-hydrogen) atoms. The molecular weight excluding hydrogens is 415 g/mol. The van der Waals surface area contributed by atoms with Crippen molar-refractivity contribution in [1.29, 1.82) is 5.26 Å². The third kappa shape index (κ3) is 4.29. The Morgan fingerprint density at radius 1 is 1.31 bits per heavy atom. The van der Waals surface area contributed by atoms with E-state index in [0.29, 0.717) is 36.8 Å². The van der Waals surface area contributed by atoms with Gasteiger partial charge in [0.25, 0.3) is 5.56 Å². The molecule has 164 valence electrons. The highest BCUT2D eigenvalue weighted by Crippen LogP contribution is 2.19. The van der Waals surface area contributed by atoms with E-state index in [2.05, 4.69) is 15.0 Å². The molecule has 4 rings (SSSR count). The highest BCUT2D eigenvalue weighted by molar-refractivity contribution is 5.79. The van der Waals surface area contributed by atoms with Crippen molar-refractivity contribution in [3.63, 3.8) is 0 Å². The first-order valence-corrected chi connectivity index (χ1v) is 10.2. The maximum absolute atomic E-state index is 13.8. The number of fused-ring (bicyclic) bond motifs is 1. The molecule has 3 heterocycles. The number of anilines is 1. The number of aromatic nitrogens is 3. The van der Waals surface area contributed by atoms with Crippen LogP contribution >= 0.6 is 0 Å². The highest BCUT2D eigenvalue weighted by Gasteiger charge is 2.30. The Morgan fingerprint density at radius 2 is 2.16 bits per heavy atom. The van der Waals surface area contributed by atoms with Gasteiger partial charge in [0.15, 0.2) is 0 Å². The van der Waals surface area contributed by atoms with Crippen molar-refractivity contribution in [3.8, 4) is 6.07 Å². The van der Waals surface area contributed by atoms with E-state index >= 15 is 0 Å². The molecule has 1 amide bonds. The van der Waals surface area contributed by atoms with E-state index in [1.807, 2.05) is 11.0 Å². The zero-order chi connectivity index (χ0) is 22.7. The SMILES string of the molecule is N#Cc1ccc(N2CCN(C(=O)CCc3nc4cccc(F)c4c(=O)[nH]3)C(CO)C2)nc1. The van der Waals surface area contributed by atoms with Crippen LogP contribution in [-0.2, 0) is 11.2 Å². The number of pyridine rings is 1. The number of aryl methyl sites for hydroxylation is 1. The van der Waals surface area contributed by atoms with Crippen LogP contribution in [0.5, 0.6) is 0 Å². The molecule has 1 fully saturated rings. The highest BCUT2D eigenvalue weighted by atomic mass is 19.1. The third-order valence-corrected chi connectivity index (χ3v) is 5.52. The van der Waals surface area contributed by atoms with Gasteiger partial charge in [0.1, 0.15) is 28.9 Å². The molecule has 1 aromatic carbocycles. The average Bonchev–Trinajstić information content (AvgIpc) is 2.82. The summed E-state index contributed by atoms with van der Waals surface area (Å²) >= 11 is 0. The summed E-state index contributed by atoms with van der Waals surface area (Å²) in [5.74, 6) is 0.180. The van der Waals surface area contributed by atoms with Gasteiger partial charge in [-0.15, -0.1) is 0 Å². The Morgan fingerprint density at radius 3 is 2.88 bits per heavy atom. The zero-order valence-electron chi connectivity index (χ0n) is 17.2. The van der Waals surface area contributed by atoms with Gasteiger partial charge in [-0.25, -0.2) is 14.4 Å². The predicted molar refractivity (Wildman–Crippen MR) is 114 cm³/mol. The molecule has 0 spiro atoms. The van der Waals surface area contributed by atoms with E-state index in [0.717, 1.165) is 0 Å². The molecule has 2 aromatic heterocycles. The number of amides is 1. The minimum absolute atomic E-state index is 0.0926. The van der Waals surface area contributed by atoms with Crippen molar-refractivity contribution >= 4 is 22.6 Å². The number of halogens is 1. The largest absolute Gasteiger partial charge is 0.394 e. The fraction of sp³-hybridized carbons (Fsp3) is 0.318. The third-order valence-electron chi connectivity index (χ3n) is 5.52. The Balaban J connectivity index is 1.42. The lowest BCUT2D eigenvalue weighted by Gasteiger charge is -2.41. The molecule has 1 atom stereocenters. The van der Waals surface area contributed by atoms with Crippen molar-refractivity contribution in [1.82, 2.24) is 19.9 Å². The maximum atomic E-state index is 13.8. The number of carbonyl (C=O) groups is 1. The molecule has 1 unspecified atom stereocenters. The number of aliphatic hydroxyl groups is 1. The topological polar surface area (TPSA) is 126 Å². The van der Waals surface area contributed by atoms with Crippen LogP contribution in [0.15, 0.2) is 41.3 Å². The summed E-state index contributed by atoms with van der Waals surface area (Å²) in [5.41, 5.74) is 0.129. The molecule has 10 heteroatoms. The van der Waals surface area contributed by atoms with Gasteiger partial charge in [0, 0.05) is 38.7 Å². The number of nitrogens with zero attached hydrogens (tertiary/aromatic N) is 5. The molecule has 0 radical (unpaired) electrons. The van der Waals surface area contributed by atoms with E-state index in [4.69, 9.17) is 5.26 Å². The monoisotopic (exact) mass is 436 g/mol. The summed E-state index contributed by atoms with van der Waals surface area (Å²) in [5, 5.41) is 18.6. The normalized spacial score (nSPS) is 16.2. The number of hydrogen-bond donors (Lipinski definition) is 2. The Kier molecular flexibility index (Phi) is 6.09. The van der Waals surface area contributed by atoms with Gasteiger partial charge >= 0.3 is 0 Å². The number of carbonyl (C=O) groups excluding carboxylic acids is 1. The Labute approximate surface area is 182 Å². The van der Waals surface area contributed by atoms with Crippen molar-refractivity contribution in [3.05, 3.63) is 64.1 Å². The van der Waals surface area contributed by atoms with Crippen LogP contribution in [0.3, 0.4) is 0 Å². The van der Waals surface area contributed by atoms with Crippen molar-refractivity contribution in [2.75, 3.05) is 31.1 Å². The summed E-state index contributed by atoms with van der Waals surface area (Å²) in [7, 11) is 0. The number of aliphatic hydroxyl groups excluding tert-OH is 1. The first-order chi connectivity index (χ1) is 15.5. The first kappa shape index (κ1) is 21.4. The molecule has 0 bridgehead atoms. The van der Waals surface area contributed by atoms with Crippen LogP contribution < -0.4 is 10.5 Å². The summed E-state index contributed by atoms with van der Waals surface area (Å²) < 4.78 is 13.8. The second kappa shape index (κ2) is 9.11. The van der Waals surface area contributed by atoms with Gasteiger partial charge in [-0.3, -0.25) is 9.59 Å². The lowest BCUT2D eigenvalue weighted by atomic mass is 10.1. The molecule has 1 aliphatic heterocycles. The Bertz CT molecular complexity index is 1240. The minimum Gasteiger partial charge on any atom is -0.394 e. The second-order valence-corrected chi connectivity index (χ2v) is 7.53. The fourth-order valence-electron chi connectivity index (χ4n) is 3.87. The van der Waals surface area contributed by atoms with E-state index in [1.54, 1.807) is 23.1 Å². The number of H-pyrrole nitrogens is 1. The smallest absolute Gasteiger partial charge is 0.261 e. The van der Waals surface area contributed by atoms with Crippen LogP contribution in [0.2, 0.25) is 0 Å². The van der Waals surface area contributed by atoms with Crippen LogP contribution in [0, 0.1) is 17.1 Å². The zero-order valence-corrected chi connectivity index (χ0v) is 17.2. The van der Waals surface area contributed by atoms with Gasteiger partial charge in [-0.2, -0.15) is 5.26 Å². The molecule has 1 saturated heterocycles. The molecule has 9 nitrogen and oxygen atoms in total. The van der Waals surface area contributed by atoms with Crippen LogP contribution in [0.1, 0.15) is 17.8 Å². The van der Waals surface area contributed by atoms with Gasteiger partial charge in [-0.1, -0.05) is 6.07 Å². The summed E-state index contributed by atoms with van der Waals surface area (Å²) in [6.07, 6.45) is 1.77. The maximum Gasteiger partial charge on any atom is 0.261 e. The van der Waals surface area contributed by atoms with E-state index in [-0.39, 0.29) is 36.3 Å². The quantitative estimate of drug-likeness (QED) is 0.610. The predicted octanol–water partition coefficient (Wildman–Crippen LogP) is 0.971. The summed E-state index contributed by atoms with van der Waals surface area (Å²) in [4.78, 5) is 39.7. The number of nitrogens with one attached hydrogen (secondary N) is 1. The average molecular weight is 436 g/mol. The minimum atomic E-state index is -0.640. The van der Waals surface area contributed by atoms with Crippen molar-refractivity contribution < 1.29 is 14.3 Å². The standard InChI is InChI=1S/C22H21FN6O3/c23-16-2-1-3-17-21(16)22(32)27-18(26-17)5-7-20(31)29-9-8-28(12-15(29)13-30)19-6-4-14(10-24)11-25-19/h1-4,6,11,15,30H,5,7-9,12-13H2,(H,26,27,32). The summed E-state index contributed by atoms with van der Waals surface area (Å²) in [6.45, 7) is 1.14. The van der Waals surface area contributed by atoms with Crippen LogP contribution in [0.4, 0.5) is 10.2 Å². The number of nitriles is 1.